The minimum atomic E-state index is -0.122. The fraction of sp³-hybridized carbons (Fsp3) is 0.0588. The van der Waals surface area contributed by atoms with Crippen LogP contribution in [0.25, 0.3) is 82.6 Å². The van der Waals surface area contributed by atoms with Crippen LogP contribution in [-0.4, -0.2) is 10.7 Å². The number of fused-ring (bicyclic) bond motifs is 7. The lowest BCUT2D eigenvalue weighted by Gasteiger charge is -2.14. The molecule has 0 spiro atoms. The van der Waals surface area contributed by atoms with E-state index in [4.69, 9.17) is 13.8 Å². The van der Waals surface area contributed by atoms with Crippen molar-refractivity contribution in [3.8, 4) is 22.3 Å². The van der Waals surface area contributed by atoms with Crippen molar-refractivity contribution in [3.63, 3.8) is 0 Å². The summed E-state index contributed by atoms with van der Waals surface area (Å²) in [7, 11) is 0. The van der Waals surface area contributed by atoms with Crippen molar-refractivity contribution in [1.82, 2.24) is 4.98 Å². The van der Waals surface area contributed by atoms with Crippen molar-refractivity contribution in [1.29, 1.82) is 0 Å². The smallest absolute Gasteiger partial charge is 0.143 e. The van der Waals surface area contributed by atoms with Gasteiger partial charge >= 0.3 is 0 Å². The number of benzene rings is 7. The molecule has 0 aliphatic rings. The van der Waals surface area contributed by atoms with Crippen molar-refractivity contribution in [2.24, 2.45) is 4.99 Å². The Kier molecular flexibility index (Phi) is 7.96. The lowest BCUT2D eigenvalue weighted by atomic mass is 9.93. The zero-order chi connectivity index (χ0) is 36.9. The van der Waals surface area contributed by atoms with Crippen LogP contribution < -0.4 is 0 Å². The average Bonchev–Trinajstić information content (AvgIpc) is 3.82. The second-order valence-electron chi connectivity index (χ2n) is 14.2. The van der Waals surface area contributed by atoms with Crippen LogP contribution in [0.1, 0.15) is 36.6 Å². The van der Waals surface area contributed by atoms with Crippen molar-refractivity contribution in [3.05, 3.63) is 193 Å². The Hall–Kier alpha value is -7.04. The van der Waals surface area contributed by atoms with Gasteiger partial charge in [-0.1, -0.05) is 121 Å². The molecular weight excluding hydrogens is 673 g/mol. The molecule has 7 aromatic carbocycles. The van der Waals surface area contributed by atoms with E-state index >= 15 is 0 Å². The van der Waals surface area contributed by atoms with Crippen molar-refractivity contribution >= 4 is 66.1 Å². The molecule has 3 aromatic heterocycles. The van der Waals surface area contributed by atoms with E-state index in [0.717, 1.165) is 99.4 Å². The molecule has 262 valence electrons. The van der Waals surface area contributed by atoms with Crippen LogP contribution in [-0.2, 0) is 0 Å². The third kappa shape index (κ3) is 5.80. The molecule has 55 heavy (non-hydrogen) atoms. The maximum atomic E-state index is 6.77. The van der Waals surface area contributed by atoms with Crippen molar-refractivity contribution in [2.75, 3.05) is 0 Å². The highest BCUT2D eigenvalue weighted by molar-refractivity contribution is 6.25. The van der Waals surface area contributed by atoms with E-state index < -0.39 is 0 Å². The molecule has 0 bridgehead atoms. The Morgan fingerprint density at radius 3 is 2.13 bits per heavy atom. The van der Waals surface area contributed by atoms with Crippen LogP contribution in [0.15, 0.2) is 190 Å². The van der Waals surface area contributed by atoms with Gasteiger partial charge in [0, 0.05) is 44.3 Å². The van der Waals surface area contributed by atoms with E-state index in [-0.39, 0.29) is 6.04 Å². The van der Waals surface area contributed by atoms with E-state index in [9.17, 15) is 0 Å². The molecule has 0 amide bonds. The number of aromatic nitrogens is 1. The summed E-state index contributed by atoms with van der Waals surface area (Å²) < 4.78 is 12.9. The highest BCUT2D eigenvalue weighted by atomic mass is 16.3. The number of nitrogens with zero attached hydrogens (tertiary/aromatic N) is 2. The SMILES string of the molecule is C/C(=C\C(=N[C@H](C)c1ccc(-c2cccc3ncccc23)cc1)c1ccc(-c2ccc3oc4ccccc4c3c2)c2oc3ccccc3c12)c1ccccc1. The molecule has 1 atom stereocenters. The topological polar surface area (TPSA) is 51.5 Å². The Labute approximate surface area is 318 Å². The fourth-order valence-electron chi connectivity index (χ4n) is 7.92. The first-order valence-corrected chi connectivity index (χ1v) is 18.7. The molecule has 0 N–H and O–H groups in total. The average molecular weight is 709 g/mol. The van der Waals surface area contributed by atoms with Crippen LogP contribution >= 0.6 is 0 Å². The summed E-state index contributed by atoms with van der Waals surface area (Å²) >= 11 is 0. The van der Waals surface area contributed by atoms with E-state index in [0.29, 0.717) is 0 Å². The van der Waals surface area contributed by atoms with Gasteiger partial charge in [0.15, 0.2) is 0 Å². The second-order valence-corrected chi connectivity index (χ2v) is 14.2. The molecule has 10 aromatic rings. The Morgan fingerprint density at radius 1 is 0.582 bits per heavy atom. The van der Waals surface area contributed by atoms with Gasteiger partial charge in [-0.15, -0.1) is 0 Å². The van der Waals surface area contributed by atoms with Gasteiger partial charge in [-0.25, -0.2) is 0 Å². The normalized spacial score (nSPS) is 13.1. The summed E-state index contributed by atoms with van der Waals surface area (Å²) in [5, 5.41) is 5.44. The lowest BCUT2D eigenvalue weighted by molar-refractivity contribution is 0.668. The van der Waals surface area contributed by atoms with Gasteiger partial charge in [-0.05, 0) is 95.8 Å². The van der Waals surface area contributed by atoms with E-state index in [1.165, 1.54) is 5.56 Å². The van der Waals surface area contributed by atoms with Gasteiger partial charge in [0.1, 0.15) is 22.3 Å². The monoisotopic (exact) mass is 708 g/mol. The van der Waals surface area contributed by atoms with Crippen LogP contribution in [0.2, 0.25) is 0 Å². The summed E-state index contributed by atoms with van der Waals surface area (Å²) in [6, 6.07) is 56.9. The molecule has 0 unspecified atom stereocenters. The third-order valence-electron chi connectivity index (χ3n) is 10.8. The number of furan rings is 2. The van der Waals surface area contributed by atoms with Crippen molar-refractivity contribution in [2.45, 2.75) is 19.9 Å². The lowest BCUT2D eigenvalue weighted by Crippen LogP contribution is -2.03. The number of aliphatic imine (C=N–C) groups is 1. The van der Waals surface area contributed by atoms with Gasteiger partial charge in [0.2, 0.25) is 0 Å². The van der Waals surface area contributed by atoms with Crippen LogP contribution in [0.5, 0.6) is 0 Å². The largest absolute Gasteiger partial charge is 0.456 e. The number of para-hydroxylation sites is 2. The maximum absolute atomic E-state index is 6.77. The minimum absolute atomic E-state index is 0.122. The number of allylic oxidation sites excluding steroid dienone is 2. The summed E-state index contributed by atoms with van der Waals surface area (Å²) in [6.07, 6.45) is 4.07. The molecule has 4 nitrogen and oxygen atoms in total. The standard InChI is InChI=1S/C51H36N2O2/c1-32(34-12-4-3-5-13-34)30-46(53-33(2)35-21-23-36(24-22-35)38-16-10-18-45-40(38)17-11-29-52-45)42-27-26-39(51-50(42)43-15-7-9-20-48(43)55-51)37-25-28-49-44(31-37)41-14-6-8-19-47(41)54-49/h3-31,33H,1-2H3/b32-30+,53-46?/t33-/m1/s1. The van der Waals surface area contributed by atoms with E-state index in [2.05, 4.69) is 158 Å². The zero-order valence-electron chi connectivity index (χ0n) is 30.5. The van der Waals surface area contributed by atoms with Gasteiger partial charge in [0.05, 0.1) is 17.3 Å². The Balaban J connectivity index is 1.13. The molecule has 3 heterocycles. The first-order chi connectivity index (χ1) is 27.1. The highest BCUT2D eigenvalue weighted by Crippen LogP contribution is 2.41. The van der Waals surface area contributed by atoms with Crippen LogP contribution in [0.3, 0.4) is 0 Å². The predicted molar refractivity (Wildman–Crippen MR) is 229 cm³/mol. The number of hydrogen-bond acceptors (Lipinski definition) is 4. The summed E-state index contributed by atoms with van der Waals surface area (Å²) in [5.41, 5.74) is 14.2. The second kappa shape index (κ2) is 13.4. The van der Waals surface area contributed by atoms with E-state index in [1.54, 1.807) is 0 Å². The third-order valence-corrected chi connectivity index (χ3v) is 10.8. The summed E-state index contributed by atoms with van der Waals surface area (Å²) in [4.78, 5) is 10.1. The first-order valence-electron chi connectivity index (χ1n) is 18.7. The molecule has 0 fully saturated rings. The van der Waals surface area contributed by atoms with Gasteiger partial charge in [-0.2, -0.15) is 0 Å². The maximum Gasteiger partial charge on any atom is 0.143 e. The molecule has 0 saturated heterocycles. The van der Waals surface area contributed by atoms with Crippen LogP contribution in [0.4, 0.5) is 0 Å². The Bertz CT molecular complexity index is 3110. The quantitative estimate of drug-likeness (QED) is 0.155. The number of hydrogen-bond donors (Lipinski definition) is 0. The van der Waals surface area contributed by atoms with Gasteiger partial charge < -0.3 is 8.83 Å². The number of pyridine rings is 1. The molecule has 10 rings (SSSR count). The molecule has 0 aliphatic carbocycles. The minimum Gasteiger partial charge on any atom is -0.456 e. The molecule has 4 heteroatoms. The molecule has 0 saturated carbocycles. The van der Waals surface area contributed by atoms with E-state index in [1.807, 2.05) is 36.5 Å². The highest BCUT2D eigenvalue weighted by Gasteiger charge is 2.20. The molecule has 0 radical (unpaired) electrons. The number of rotatable bonds is 7. The molecular formula is C51H36N2O2. The zero-order valence-corrected chi connectivity index (χ0v) is 30.5. The van der Waals surface area contributed by atoms with Gasteiger partial charge in [0.25, 0.3) is 0 Å². The van der Waals surface area contributed by atoms with Gasteiger partial charge in [-0.3, -0.25) is 9.98 Å². The predicted octanol–water partition coefficient (Wildman–Crippen LogP) is 14.0. The fourth-order valence-corrected chi connectivity index (χ4v) is 7.92. The molecule has 0 aliphatic heterocycles. The first kappa shape index (κ1) is 32.6. The summed E-state index contributed by atoms with van der Waals surface area (Å²) in [6.45, 7) is 4.33. The summed E-state index contributed by atoms with van der Waals surface area (Å²) in [5.74, 6) is 0. The van der Waals surface area contributed by atoms with Crippen molar-refractivity contribution < 1.29 is 8.83 Å². The van der Waals surface area contributed by atoms with Crippen LogP contribution in [0, 0.1) is 0 Å². The Morgan fingerprint density at radius 2 is 1.29 bits per heavy atom.